The van der Waals surface area contributed by atoms with Gasteiger partial charge in [0.25, 0.3) is 11.9 Å². The highest BCUT2D eigenvalue weighted by Gasteiger charge is 2.11. The van der Waals surface area contributed by atoms with Gasteiger partial charge in [0, 0.05) is 18.8 Å². The molecular weight excluding hydrogens is 356 g/mol. The van der Waals surface area contributed by atoms with E-state index in [-0.39, 0.29) is 18.1 Å². The maximum Gasteiger partial charge on any atom is 0.257 e. The predicted molar refractivity (Wildman–Crippen MR) is 101 cm³/mol. The first-order chi connectivity index (χ1) is 12.6. The number of nitrogens with two attached hydrogens (primary N) is 4. The quantitative estimate of drug-likeness (QED) is 0.151. The number of rotatable bonds is 5. The lowest BCUT2D eigenvalue weighted by molar-refractivity contribution is -0.128. The highest BCUT2D eigenvalue weighted by molar-refractivity contribution is 6.23. The minimum absolute atomic E-state index is 0.245. The van der Waals surface area contributed by atoms with Crippen LogP contribution in [0.2, 0.25) is 0 Å². The molecule has 0 bridgehead atoms. The van der Waals surface area contributed by atoms with Crippen molar-refractivity contribution in [2.45, 2.75) is 46.5 Å². The fraction of sp³-hybridized carbons (Fsp3) is 0.538. The van der Waals surface area contributed by atoms with Crippen LogP contribution in [0.4, 0.5) is 11.9 Å². The third kappa shape index (κ3) is 7.25. The summed E-state index contributed by atoms with van der Waals surface area (Å²) in [5, 5.41) is 15.1. The molecule has 0 unspecified atom stereocenters. The van der Waals surface area contributed by atoms with Crippen LogP contribution in [0.1, 0.15) is 58.1 Å². The van der Waals surface area contributed by atoms with Crippen LogP contribution in [0.5, 0.6) is 0 Å². The molecule has 0 aliphatic heterocycles. The van der Waals surface area contributed by atoms with Crippen LogP contribution in [0.15, 0.2) is 0 Å². The van der Waals surface area contributed by atoms with Gasteiger partial charge in [0.2, 0.25) is 0 Å². The third-order valence-corrected chi connectivity index (χ3v) is 2.90. The third-order valence-electron chi connectivity index (χ3n) is 2.90. The summed E-state index contributed by atoms with van der Waals surface area (Å²) in [6.07, 6.45) is 0.278. The summed E-state index contributed by atoms with van der Waals surface area (Å²) in [6.45, 7) is 9.13. The summed E-state index contributed by atoms with van der Waals surface area (Å²) in [7, 11) is 0. The number of hydrogen-bond acceptors (Lipinski definition) is 12. The minimum atomic E-state index is -0.426. The number of ketones is 1. The zero-order valence-corrected chi connectivity index (χ0v) is 16.0. The van der Waals surface area contributed by atoms with Gasteiger partial charge in [-0.15, -0.1) is 20.4 Å². The standard InChI is InChI=1S/2C5H12N6.C3H4O2/c2*1-3(2)4-9-10-5(8-6)11(4)7;1-3(5)2-4/h2*3H,6-7H2,1-2H3,(H,8,10);2H,1H3. The molecule has 0 aliphatic carbocycles. The van der Waals surface area contributed by atoms with Crippen molar-refractivity contribution in [2.24, 2.45) is 11.7 Å². The second kappa shape index (κ2) is 11.4. The van der Waals surface area contributed by atoms with Gasteiger partial charge in [0.15, 0.2) is 23.7 Å². The Morgan fingerprint density at radius 2 is 1.19 bits per heavy atom. The Hall–Kier alpha value is -3.26. The maximum atomic E-state index is 9.44. The Kier molecular flexibility index (Phi) is 10.0. The van der Waals surface area contributed by atoms with Crippen molar-refractivity contribution in [3.63, 3.8) is 0 Å². The molecule has 27 heavy (non-hydrogen) atoms. The first-order valence-corrected chi connectivity index (χ1v) is 7.90. The maximum absolute atomic E-state index is 9.44. The first kappa shape index (κ1) is 23.7. The van der Waals surface area contributed by atoms with E-state index in [0.717, 1.165) is 0 Å². The van der Waals surface area contributed by atoms with E-state index in [1.165, 1.54) is 16.3 Å². The van der Waals surface area contributed by atoms with Gasteiger partial charge in [-0.3, -0.25) is 20.4 Å². The molecule has 14 heteroatoms. The number of carbonyl (C=O) groups is 2. The van der Waals surface area contributed by atoms with E-state index >= 15 is 0 Å². The predicted octanol–water partition coefficient (Wildman–Crippen LogP) is -1.42. The molecule has 0 saturated carbocycles. The van der Waals surface area contributed by atoms with Gasteiger partial charge >= 0.3 is 0 Å². The van der Waals surface area contributed by atoms with Crippen molar-refractivity contribution in [1.82, 2.24) is 29.7 Å². The number of carbonyl (C=O) groups excluding carboxylic acids is 2. The van der Waals surface area contributed by atoms with Gasteiger partial charge in [0.05, 0.1) is 0 Å². The average molecular weight is 384 g/mol. The van der Waals surface area contributed by atoms with E-state index < -0.39 is 5.78 Å². The zero-order valence-electron chi connectivity index (χ0n) is 16.0. The molecule has 0 spiro atoms. The number of aromatic nitrogens is 6. The molecule has 0 saturated heterocycles. The van der Waals surface area contributed by atoms with Crippen LogP contribution in [0.25, 0.3) is 0 Å². The van der Waals surface area contributed by atoms with Crippen molar-refractivity contribution in [3.05, 3.63) is 11.6 Å². The number of anilines is 2. The fourth-order valence-electron chi connectivity index (χ4n) is 1.59. The number of hydrogen-bond donors (Lipinski definition) is 6. The molecule has 0 aromatic carbocycles. The van der Waals surface area contributed by atoms with Gasteiger partial charge in [-0.1, -0.05) is 27.7 Å². The lowest BCUT2D eigenvalue weighted by Crippen LogP contribution is -2.20. The van der Waals surface area contributed by atoms with E-state index in [0.29, 0.717) is 23.5 Å². The lowest BCUT2D eigenvalue weighted by Gasteiger charge is -2.03. The molecule has 2 aromatic rings. The molecule has 0 aliphatic rings. The van der Waals surface area contributed by atoms with E-state index in [1.807, 2.05) is 27.7 Å². The molecule has 10 N–H and O–H groups in total. The average Bonchev–Trinajstić information content (AvgIpc) is 3.18. The summed E-state index contributed by atoms with van der Waals surface area (Å²) in [6, 6.07) is 0. The Labute approximate surface area is 156 Å². The van der Waals surface area contributed by atoms with Crippen molar-refractivity contribution in [2.75, 3.05) is 22.5 Å². The molecular formula is C13H28N12O2. The lowest BCUT2D eigenvalue weighted by atomic mass is 10.2. The van der Waals surface area contributed by atoms with Crippen LogP contribution < -0.4 is 34.2 Å². The van der Waals surface area contributed by atoms with Crippen molar-refractivity contribution >= 4 is 24.0 Å². The number of aldehydes is 1. The molecule has 2 rings (SSSR count). The van der Waals surface area contributed by atoms with Crippen molar-refractivity contribution < 1.29 is 9.59 Å². The SMILES string of the molecule is CC(=O)C=O.CC(C)c1nnc(NN)n1N.CC(C)c1nnc(NN)n1N. The highest BCUT2D eigenvalue weighted by atomic mass is 16.2. The van der Waals surface area contributed by atoms with Crippen molar-refractivity contribution in [3.8, 4) is 0 Å². The van der Waals surface area contributed by atoms with Crippen LogP contribution in [-0.2, 0) is 9.59 Å². The normalized spacial score (nSPS) is 9.81. The topological polar surface area (TPSA) is 224 Å². The van der Waals surface area contributed by atoms with Gasteiger partial charge in [-0.2, -0.15) is 0 Å². The molecule has 0 atom stereocenters. The monoisotopic (exact) mass is 384 g/mol. The van der Waals surface area contributed by atoms with E-state index in [2.05, 4.69) is 31.2 Å². The molecule has 0 fully saturated rings. The first-order valence-electron chi connectivity index (χ1n) is 7.90. The Balaban J connectivity index is 0.000000405. The van der Waals surface area contributed by atoms with Crippen LogP contribution >= 0.6 is 0 Å². The number of nitrogens with zero attached hydrogens (tertiary/aromatic N) is 6. The van der Waals surface area contributed by atoms with Crippen LogP contribution in [-0.4, -0.2) is 41.8 Å². The van der Waals surface area contributed by atoms with Gasteiger partial charge in [0.1, 0.15) is 0 Å². The number of nitrogen functional groups attached to an aromatic ring is 4. The summed E-state index contributed by atoms with van der Waals surface area (Å²) in [4.78, 5) is 18.6. The number of hydrazine groups is 2. The molecule has 14 nitrogen and oxygen atoms in total. The van der Waals surface area contributed by atoms with E-state index in [1.54, 1.807) is 0 Å². The summed E-state index contributed by atoms with van der Waals surface area (Å²) in [5.74, 6) is 23.6. The fourth-order valence-corrected chi connectivity index (χ4v) is 1.59. The molecule has 2 heterocycles. The molecule has 0 amide bonds. The zero-order chi connectivity index (χ0) is 21.1. The minimum Gasteiger partial charge on any atom is -0.335 e. The van der Waals surface area contributed by atoms with Crippen molar-refractivity contribution in [1.29, 1.82) is 0 Å². The van der Waals surface area contributed by atoms with Gasteiger partial charge < -0.3 is 11.7 Å². The van der Waals surface area contributed by atoms with E-state index in [4.69, 9.17) is 28.2 Å². The molecule has 2 aromatic heterocycles. The molecule has 152 valence electrons. The van der Waals surface area contributed by atoms with Gasteiger partial charge in [-0.05, 0) is 0 Å². The number of Topliss-reactive ketones (excluding diaryl/α,β-unsaturated/α-hetero) is 1. The Bertz CT molecular complexity index is 669. The summed E-state index contributed by atoms with van der Waals surface area (Å²) in [5.41, 5.74) is 4.67. The Morgan fingerprint density at radius 1 is 0.889 bits per heavy atom. The Morgan fingerprint density at radius 3 is 1.30 bits per heavy atom. The highest BCUT2D eigenvalue weighted by Crippen LogP contribution is 2.12. The van der Waals surface area contributed by atoms with E-state index in [9.17, 15) is 4.79 Å². The van der Waals surface area contributed by atoms with Gasteiger partial charge in [-0.25, -0.2) is 21.0 Å². The second-order valence-corrected chi connectivity index (χ2v) is 5.83. The second-order valence-electron chi connectivity index (χ2n) is 5.83. The number of nitrogens with one attached hydrogen (secondary N) is 2. The summed E-state index contributed by atoms with van der Waals surface area (Å²) < 4.78 is 2.68. The van der Waals surface area contributed by atoms with Crippen LogP contribution in [0.3, 0.4) is 0 Å². The van der Waals surface area contributed by atoms with Crippen LogP contribution in [0, 0.1) is 0 Å². The smallest absolute Gasteiger partial charge is 0.257 e. The molecule has 0 radical (unpaired) electrons. The summed E-state index contributed by atoms with van der Waals surface area (Å²) >= 11 is 0. The largest absolute Gasteiger partial charge is 0.335 e.